The number of piperazine rings is 1. The molecular weight excluding hydrogens is 298 g/mol. The molecule has 2 aromatic carbocycles. The molecule has 1 aliphatic rings. The highest BCUT2D eigenvalue weighted by Crippen LogP contribution is 2.19. The van der Waals surface area contributed by atoms with Crippen LogP contribution < -0.4 is 15.4 Å². The number of ether oxygens (including phenoxy) is 1. The second-order valence-electron chi connectivity index (χ2n) is 6.15. The van der Waals surface area contributed by atoms with E-state index in [4.69, 9.17) is 4.74 Å². The summed E-state index contributed by atoms with van der Waals surface area (Å²) in [6.07, 6.45) is 0. The maximum atomic E-state index is 6.01. The van der Waals surface area contributed by atoms with E-state index in [1.165, 1.54) is 11.1 Å². The van der Waals surface area contributed by atoms with Crippen LogP contribution in [0.5, 0.6) is 5.75 Å². The van der Waals surface area contributed by atoms with Crippen LogP contribution in [-0.2, 0) is 13.2 Å². The Bertz CT molecular complexity index is 597. The molecule has 0 saturated carbocycles. The molecule has 0 spiro atoms. The first-order chi connectivity index (χ1) is 11.9. The highest BCUT2D eigenvalue weighted by atomic mass is 16.5. The van der Waals surface area contributed by atoms with Crippen molar-refractivity contribution in [3.05, 3.63) is 65.7 Å². The van der Waals surface area contributed by atoms with Gasteiger partial charge in [0, 0.05) is 51.4 Å². The van der Waals surface area contributed by atoms with Gasteiger partial charge in [0.1, 0.15) is 12.4 Å². The van der Waals surface area contributed by atoms with Crippen LogP contribution in [0.25, 0.3) is 0 Å². The summed E-state index contributed by atoms with van der Waals surface area (Å²) in [5.74, 6) is 0.969. The van der Waals surface area contributed by atoms with Gasteiger partial charge in [-0.25, -0.2) is 0 Å². The van der Waals surface area contributed by atoms with Crippen LogP contribution >= 0.6 is 0 Å². The van der Waals surface area contributed by atoms with E-state index in [1.807, 2.05) is 24.3 Å². The summed E-state index contributed by atoms with van der Waals surface area (Å²) >= 11 is 0. The molecule has 4 heteroatoms. The zero-order valence-electron chi connectivity index (χ0n) is 14.2. The summed E-state index contributed by atoms with van der Waals surface area (Å²) in [5.41, 5.74) is 2.41. The highest BCUT2D eigenvalue weighted by Gasteiger charge is 2.08. The highest BCUT2D eigenvalue weighted by molar-refractivity contribution is 5.33. The minimum absolute atomic E-state index is 0.610. The molecule has 0 radical (unpaired) electrons. The van der Waals surface area contributed by atoms with Gasteiger partial charge in [-0.3, -0.25) is 4.90 Å². The third-order valence-corrected chi connectivity index (χ3v) is 4.34. The third kappa shape index (κ3) is 5.34. The second-order valence-corrected chi connectivity index (χ2v) is 6.15. The van der Waals surface area contributed by atoms with Crippen molar-refractivity contribution in [2.75, 3.05) is 39.3 Å². The first-order valence-electron chi connectivity index (χ1n) is 8.80. The fourth-order valence-electron chi connectivity index (χ4n) is 2.92. The van der Waals surface area contributed by atoms with Crippen LogP contribution in [0.1, 0.15) is 11.1 Å². The molecule has 0 amide bonds. The molecule has 2 aromatic rings. The molecule has 3 rings (SSSR count). The summed E-state index contributed by atoms with van der Waals surface area (Å²) in [7, 11) is 0. The monoisotopic (exact) mass is 325 g/mol. The molecule has 0 unspecified atom stereocenters. The Morgan fingerprint density at radius 3 is 2.54 bits per heavy atom. The SMILES string of the molecule is c1ccc(COc2ccccc2CNCCN2CCNCC2)cc1. The maximum Gasteiger partial charge on any atom is 0.124 e. The first kappa shape index (κ1) is 17.0. The van der Waals surface area contributed by atoms with E-state index in [1.54, 1.807) is 0 Å². The topological polar surface area (TPSA) is 36.5 Å². The molecule has 1 aliphatic heterocycles. The first-order valence-corrected chi connectivity index (χ1v) is 8.80. The average Bonchev–Trinajstić information content (AvgIpc) is 2.66. The lowest BCUT2D eigenvalue weighted by Crippen LogP contribution is -2.45. The lowest BCUT2D eigenvalue weighted by Gasteiger charge is -2.27. The van der Waals surface area contributed by atoms with E-state index in [0.717, 1.165) is 51.6 Å². The van der Waals surface area contributed by atoms with E-state index in [-0.39, 0.29) is 0 Å². The summed E-state index contributed by atoms with van der Waals surface area (Å²) in [6.45, 7) is 8.08. The summed E-state index contributed by atoms with van der Waals surface area (Å²) < 4.78 is 6.01. The standard InChI is InChI=1S/C20H27N3O/c1-2-6-18(7-3-1)17-24-20-9-5-4-8-19(20)16-22-12-15-23-13-10-21-11-14-23/h1-9,21-22H,10-17H2. The lowest BCUT2D eigenvalue weighted by molar-refractivity contribution is 0.240. The van der Waals surface area contributed by atoms with Crippen LogP contribution in [-0.4, -0.2) is 44.2 Å². The molecule has 0 aromatic heterocycles. The molecule has 1 fully saturated rings. The van der Waals surface area contributed by atoms with Crippen molar-refractivity contribution in [3.8, 4) is 5.75 Å². The van der Waals surface area contributed by atoms with Crippen molar-refractivity contribution < 1.29 is 4.74 Å². The Hall–Kier alpha value is -1.88. The number of benzene rings is 2. The minimum Gasteiger partial charge on any atom is -0.489 e. The van der Waals surface area contributed by atoms with Gasteiger partial charge in [0.2, 0.25) is 0 Å². The number of para-hydroxylation sites is 1. The van der Waals surface area contributed by atoms with Gasteiger partial charge >= 0.3 is 0 Å². The molecule has 4 nitrogen and oxygen atoms in total. The van der Waals surface area contributed by atoms with Gasteiger partial charge in [-0.2, -0.15) is 0 Å². The fraction of sp³-hybridized carbons (Fsp3) is 0.400. The molecule has 0 bridgehead atoms. The summed E-state index contributed by atoms with van der Waals surface area (Å²) in [6, 6.07) is 18.6. The van der Waals surface area contributed by atoms with Crippen molar-refractivity contribution in [2.45, 2.75) is 13.2 Å². The zero-order valence-corrected chi connectivity index (χ0v) is 14.2. The van der Waals surface area contributed by atoms with Crippen molar-refractivity contribution in [1.29, 1.82) is 0 Å². The third-order valence-electron chi connectivity index (χ3n) is 4.34. The smallest absolute Gasteiger partial charge is 0.124 e. The van der Waals surface area contributed by atoms with Crippen LogP contribution in [0, 0.1) is 0 Å². The quantitative estimate of drug-likeness (QED) is 0.730. The maximum absolute atomic E-state index is 6.01. The van der Waals surface area contributed by atoms with Crippen LogP contribution in [0.4, 0.5) is 0 Å². The van der Waals surface area contributed by atoms with Gasteiger partial charge in [0.25, 0.3) is 0 Å². The summed E-state index contributed by atoms with van der Waals surface area (Å²) in [4.78, 5) is 2.50. The van der Waals surface area contributed by atoms with E-state index in [9.17, 15) is 0 Å². The molecule has 128 valence electrons. The van der Waals surface area contributed by atoms with Gasteiger partial charge in [0.15, 0.2) is 0 Å². The molecule has 2 N–H and O–H groups in total. The lowest BCUT2D eigenvalue weighted by atomic mass is 10.2. The number of nitrogens with one attached hydrogen (secondary N) is 2. The van der Waals surface area contributed by atoms with E-state index in [0.29, 0.717) is 6.61 Å². The number of hydrogen-bond acceptors (Lipinski definition) is 4. The van der Waals surface area contributed by atoms with Crippen LogP contribution in [0.3, 0.4) is 0 Å². The van der Waals surface area contributed by atoms with Gasteiger partial charge in [-0.05, 0) is 11.6 Å². The van der Waals surface area contributed by atoms with Crippen LogP contribution in [0.15, 0.2) is 54.6 Å². The molecule has 0 aliphatic carbocycles. The van der Waals surface area contributed by atoms with Gasteiger partial charge < -0.3 is 15.4 Å². The van der Waals surface area contributed by atoms with Crippen molar-refractivity contribution in [2.24, 2.45) is 0 Å². The number of nitrogens with zero attached hydrogens (tertiary/aromatic N) is 1. The number of hydrogen-bond donors (Lipinski definition) is 2. The molecule has 1 saturated heterocycles. The minimum atomic E-state index is 0.610. The van der Waals surface area contributed by atoms with Crippen molar-refractivity contribution >= 4 is 0 Å². The number of rotatable bonds is 8. The van der Waals surface area contributed by atoms with Gasteiger partial charge in [0.05, 0.1) is 0 Å². The van der Waals surface area contributed by atoms with Gasteiger partial charge in [-0.15, -0.1) is 0 Å². The average molecular weight is 325 g/mol. The Balaban J connectivity index is 1.45. The Kier molecular flexibility index (Phi) is 6.66. The fourth-order valence-corrected chi connectivity index (χ4v) is 2.92. The van der Waals surface area contributed by atoms with Crippen molar-refractivity contribution in [1.82, 2.24) is 15.5 Å². The van der Waals surface area contributed by atoms with Crippen molar-refractivity contribution in [3.63, 3.8) is 0 Å². The van der Waals surface area contributed by atoms with E-state index >= 15 is 0 Å². The summed E-state index contributed by atoms with van der Waals surface area (Å²) in [5, 5.41) is 6.93. The van der Waals surface area contributed by atoms with E-state index in [2.05, 4.69) is 45.9 Å². The molecule has 0 atom stereocenters. The second kappa shape index (κ2) is 9.42. The zero-order chi connectivity index (χ0) is 16.5. The Morgan fingerprint density at radius 1 is 0.958 bits per heavy atom. The Labute approximate surface area is 144 Å². The molecule has 1 heterocycles. The predicted octanol–water partition coefficient (Wildman–Crippen LogP) is 2.26. The molecule has 24 heavy (non-hydrogen) atoms. The van der Waals surface area contributed by atoms with Gasteiger partial charge in [-0.1, -0.05) is 48.5 Å². The largest absolute Gasteiger partial charge is 0.489 e. The Morgan fingerprint density at radius 2 is 1.71 bits per heavy atom. The molecular formula is C20H27N3O. The predicted molar refractivity (Wildman–Crippen MR) is 98.2 cm³/mol. The van der Waals surface area contributed by atoms with E-state index < -0.39 is 0 Å². The van der Waals surface area contributed by atoms with Crippen LogP contribution in [0.2, 0.25) is 0 Å². The normalized spacial score (nSPS) is 15.3.